The zero-order chi connectivity index (χ0) is 15.6. The molecule has 2 aliphatic rings. The molecule has 0 radical (unpaired) electrons. The summed E-state index contributed by atoms with van der Waals surface area (Å²) in [5.74, 6) is 0.0770. The van der Waals surface area contributed by atoms with E-state index in [9.17, 15) is 10.2 Å². The number of ether oxygens (including phenoxy) is 2. The largest absolute Gasteiger partial charge is 0.391 e. The fourth-order valence-corrected chi connectivity index (χ4v) is 3.81. The third-order valence-electron chi connectivity index (χ3n) is 4.93. The van der Waals surface area contributed by atoms with E-state index in [4.69, 9.17) is 9.47 Å². The molecule has 0 unspecified atom stereocenters. The van der Waals surface area contributed by atoms with Gasteiger partial charge in [0.2, 0.25) is 0 Å². The van der Waals surface area contributed by atoms with Gasteiger partial charge in [-0.1, -0.05) is 0 Å². The van der Waals surface area contributed by atoms with Crippen molar-refractivity contribution in [1.82, 2.24) is 9.80 Å². The Morgan fingerprint density at radius 1 is 1.24 bits per heavy atom. The Balaban J connectivity index is 2.03. The van der Waals surface area contributed by atoms with Crippen molar-refractivity contribution < 1.29 is 19.7 Å². The second-order valence-corrected chi connectivity index (χ2v) is 6.84. The number of rotatable bonds is 6. The highest BCUT2D eigenvalue weighted by Gasteiger charge is 2.57. The first-order chi connectivity index (χ1) is 9.88. The molecule has 0 bridgehead atoms. The molecule has 124 valence electrons. The Kier molecular flexibility index (Phi) is 5.62. The molecule has 0 aromatic rings. The molecule has 6 heteroatoms. The van der Waals surface area contributed by atoms with Crippen molar-refractivity contribution in [2.75, 3.05) is 54.6 Å². The molecule has 1 saturated heterocycles. The van der Waals surface area contributed by atoms with Gasteiger partial charge in [-0.05, 0) is 39.9 Å². The Morgan fingerprint density at radius 2 is 1.95 bits per heavy atom. The van der Waals surface area contributed by atoms with Gasteiger partial charge in [0, 0.05) is 20.2 Å². The minimum Gasteiger partial charge on any atom is -0.391 e. The molecular formula is C15H30N2O4. The fraction of sp³-hybridized carbons (Fsp3) is 1.00. The quantitative estimate of drug-likeness (QED) is 0.683. The van der Waals surface area contributed by atoms with Gasteiger partial charge >= 0.3 is 0 Å². The van der Waals surface area contributed by atoms with Crippen molar-refractivity contribution in [3.8, 4) is 0 Å². The lowest BCUT2D eigenvalue weighted by molar-refractivity contribution is -0.177. The molecule has 0 aromatic carbocycles. The topological polar surface area (TPSA) is 65.4 Å². The number of methoxy groups -OCH3 is 1. The van der Waals surface area contributed by atoms with Crippen molar-refractivity contribution in [2.45, 2.75) is 36.7 Å². The van der Waals surface area contributed by atoms with Crippen molar-refractivity contribution in [3.05, 3.63) is 0 Å². The van der Waals surface area contributed by atoms with E-state index < -0.39 is 11.7 Å². The standard InChI is InChI=1S/C15H30N2O4/c1-16(2)5-6-17(3)14-13(18)8-11-7-12(9-20-4)21-10-15(11,14)19/h11-14,18-19H,5-10H2,1-4H3/t11-,12+,13+,14-,15-/m0/s1. The number of nitrogens with zero attached hydrogens (tertiary/aromatic N) is 2. The van der Waals surface area contributed by atoms with Crippen LogP contribution in [-0.2, 0) is 9.47 Å². The van der Waals surface area contributed by atoms with Crippen molar-refractivity contribution in [3.63, 3.8) is 0 Å². The zero-order valence-corrected chi connectivity index (χ0v) is 13.7. The lowest BCUT2D eigenvalue weighted by Crippen LogP contribution is -2.60. The molecule has 0 aromatic heterocycles. The van der Waals surface area contributed by atoms with Gasteiger partial charge in [0.1, 0.15) is 5.60 Å². The van der Waals surface area contributed by atoms with Crippen LogP contribution in [0.1, 0.15) is 12.8 Å². The molecule has 2 N–H and O–H groups in total. The predicted octanol–water partition coefficient (Wildman–Crippen LogP) is -0.604. The molecule has 1 aliphatic carbocycles. The maximum absolute atomic E-state index is 11.1. The van der Waals surface area contributed by atoms with Gasteiger partial charge in [-0.3, -0.25) is 4.90 Å². The van der Waals surface area contributed by atoms with Crippen LogP contribution in [0.4, 0.5) is 0 Å². The highest BCUT2D eigenvalue weighted by Crippen LogP contribution is 2.44. The monoisotopic (exact) mass is 302 g/mol. The molecule has 1 saturated carbocycles. The Morgan fingerprint density at radius 3 is 2.57 bits per heavy atom. The average molecular weight is 302 g/mol. The maximum atomic E-state index is 11.1. The number of aliphatic hydroxyl groups excluding tert-OH is 1. The van der Waals surface area contributed by atoms with E-state index in [1.54, 1.807) is 7.11 Å². The van der Waals surface area contributed by atoms with E-state index in [0.717, 1.165) is 19.5 Å². The van der Waals surface area contributed by atoms with Crippen molar-refractivity contribution >= 4 is 0 Å². The minimum atomic E-state index is -0.954. The maximum Gasteiger partial charge on any atom is 0.109 e. The van der Waals surface area contributed by atoms with Crippen LogP contribution < -0.4 is 0 Å². The van der Waals surface area contributed by atoms with Gasteiger partial charge in [-0.25, -0.2) is 0 Å². The van der Waals surface area contributed by atoms with E-state index in [2.05, 4.69) is 9.80 Å². The lowest BCUT2D eigenvalue weighted by Gasteiger charge is -2.44. The van der Waals surface area contributed by atoms with Crippen LogP contribution in [0.25, 0.3) is 0 Å². The molecule has 2 fully saturated rings. The van der Waals surface area contributed by atoms with E-state index in [-0.39, 0.29) is 24.7 Å². The third kappa shape index (κ3) is 3.57. The van der Waals surface area contributed by atoms with Crippen LogP contribution in [-0.4, -0.2) is 98.4 Å². The number of aliphatic hydroxyl groups is 2. The number of fused-ring (bicyclic) bond motifs is 1. The summed E-state index contributed by atoms with van der Waals surface area (Å²) in [6.07, 6.45) is 0.909. The molecule has 2 rings (SSSR count). The summed E-state index contributed by atoms with van der Waals surface area (Å²) in [6.45, 7) is 2.53. The summed E-state index contributed by atoms with van der Waals surface area (Å²) >= 11 is 0. The van der Waals surface area contributed by atoms with E-state index in [1.165, 1.54) is 0 Å². The van der Waals surface area contributed by atoms with Gasteiger partial charge in [0.25, 0.3) is 0 Å². The fourth-order valence-electron chi connectivity index (χ4n) is 3.81. The van der Waals surface area contributed by atoms with Crippen LogP contribution in [0.2, 0.25) is 0 Å². The molecule has 0 amide bonds. The van der Waals surface area contributed by atoms with Crippen LogP contribution in [0.5, 0.6) is 0 Å². The van der Waals surface area contributed by atoms with Crippen LogP contribution in [0, 0.1) is 5.92 Å². The number of likely N-dealkylation sites (N-methyl/N-ethyl adjacent to an activating group) is 2. The lowest BCUT2D eigenvalue weighted by atomic mass is 9.82. The number of hydrogen-bond donors (Lipinski definition) is 2. The van der Waals surface area contributed by atoms with E-state index >= 15 is 0 Å². The second kappa shape index (κ2) is 6.89. The Bertz CT molecular complexity index is 342. The second-order valence-electron chi connectivity index (χ2n) is 6.84. The minimum absolute atomic E-state index is 0.0262. The molecular weight excluding hydrogens is 272 g/mol. The van der Waals surface area contributed by atoms with Crippen molar-refractivity contribution in [1.29, 1.82) is 0 Å². The molecule has 6 nitrogen and oxygen atoms in total. The summed E-state index contributed by atoms with van der Waals surface area (Å²) in [5.41, 5.74) is -0.954. The summed E-state index contributed by atoms with van der Waals surface area (Å²) < 4.78 is 10.9. The average Bonchev–Trinajstić information content (AvgIpc) is 2.67. The number of hydrogen-bond acceptors (Lipinski definition) is 6. The summed E-state index contributed by atoms with van der Waals surface area (Å²) in [6, 6.07) is -0.258. The highest BCUT2D eigenvalue weighted by molar-refractivity contribution is 5.10. The Hall–Kier alpha value is -0.240. The van der Waals surface area contributed by atoms with Crippen LogP contribution in [0.3, 0.4) is 0 Å². The summed E-state index contributed by atoms with van der Waals surface area (Å²) in [5, 5.41) is 21.5. The highest BCUT2D eigenvalue weighted by atomic mass is 16.5. The van der Waals surface area contributed by atoms with Crippen LogP contribution in [0.15, 0.2) is 0 Å². The predicted molar refractivity (Wildman–Crippen MR) is 80.3 cm³/mol. The smallest absolute Gasteiger partial charge is 0.109 e. The normalized spacial score (nSPS) is 40.0. The van der Waals surface area contributed by atoms with E-state index in [1.807, 2.05) is 21.1 Å². The molecule has 5 atom stereocenters. The third-order valence-corrected chi connectivity index (χ3v) is 4.93. The molecule has 1 heterocycles. The van der Waals surface area contributed by atoms with Crippen molar-refractivity contribution in [2.24, 2.45) is 5.92 Å². The van der Waals surface area contributed by atoms with Gasteiger partial charge in [-0.15, -0.1) is 0 Å². The first kappa shape index (κ1) is 17.1. The molecule has 21 heavy (non-hydrogen) atoms. The molecule has 0 spiro atoms. The van der Waals surface area contributed by atoms with Gasteiger partial charge in [0.15, 0.2) is 0 Å². The van der Waals surface area contributed by atoms with E-state index in [0.29, 0.717) is 13.0 Å². The van der Waals surface area contributed by atoms with Crippen LogP contribution >= 0.6 is 0 Å². The van der Waals surface area contributed by atoms with Gasteiger partial charge in [0.05, 0.1) is 31.5 Å². The van der Waals surface area contributed by atoms with Gasteiger partial charge in [-0.2, -0.15) is 0 Å². The first-order valence-electron chi connectivity index (χ1n) is 7.74. The Labute approximate surface area is 127 Å². The summed E-state index contributed by atoms with van der Waals surface area (Å²) in [4.78, 5) is 4.18. The summed E-state index contributed by atoms with van der Waals surface area (Å²) in [7, 11) is 7.68. The van der Waals surface area contributed by atoms with Gasteiger partial charge < -0.3 is 24.6 Å². The first-order valence-corrected chi connectivity index (χ1v) is 7.74. The SMILES string of the molecule is COC[C@H]1C[C@H]2C[C@@H](O)[C@H](N(C)CCN(C)C)[C@]2(O)CO1. The zero-order valence-electron chi connectivity index (χ0n) is 13.7. The molecule has 1 aliphatic heterocycles.